The maximum atomic E-state index is 4.51. The van der Waals surface area contributed by atoms with Crippen molar-refractivity contribution in [2.45, 2.75) is 71.1 Å². The van der Waals surface area contributed by atoms with E-state index in [1.54, 1.807) is 0 Å². The van der Waals surface area contributed by atoms with E-state index in [9.17, 15) is 0 Å². The summed E-state index contributed by atoms with van der Waals surface area (Å²) in [4.78, 5) is 4.51. The first-order valence-corrected chi connectivity index (χ1v) is 9.09. The van der Waals surface area contributed by atoms with Gasteiger partial charge in [0.05, 0.1) is 0 Å². The minimum atomic E-state index is 0.958. The van der Waals surface area contributed by atoms with Gasteiger partial charge in [-0.05, 0) is 17.5 Å². The Labute approximate surface area is 137 Å². The number of unbranched alkanes of at least 4 members (excludes halogenated alkanes) is 9. The maximum absolute atomic E-state index is 4.51. The van der Waals surface area contributed by atoms with Gasteiger partial charge >= 0.3 is 0 Å². The molecule has 0 aromatic heterocycles. The van der Waals surface area contributed by atoms with Crippen molar-refractivity contribution in [2.24, 2.45) is 4.99 Å². The number of nitrogens with zero attached hydrogens (tertiary/aromatic N) is 1. The summed E-state index contributed by atoms with van der Waals surface area (Å²) in [5.74, 6) is 0. The zero-order chi connectivity index (χ0) is 15.9. The molecule has 0 aliphatic rings. The van der Waals surface area contributed by atoms with Gasteiger partial charge in [0, 0.05) is 12.8 Å². The fraction of sp³-hybridized carbons (Fsp3) is 0.571. The van der Waals surface area contributed by atoms with Gasteiger partial charge < -0.3 is 0 Å². The van der Waals surface area contributed by atoms with Crippen LogP contribution in [0.15, 0.2) is 35.8 Å². The van der Waals surface area contributed by atoms with E-state index < -0.39 is 0 Å². The van der Waals surface area contributed by atoms with Gasteiger partial charge in [-0.1, -0.05) is 102 Å². The average molecular weight is 300 g/mol. The molecular weight excluding hydrogens is 266 g/mol. The molecule has 1 aromatic carbocycles. The Morgan fingerprint density at radius 1 is 0.773 bits per heavy atom. The smallest absolute Gasteiger partial charge is 0.0389 e. The van der Waals surface area contributed by atoms with E-state index >= 15 is 0 Å². The van der Waals surface area contributed by atoms with Gasteiger partial charge in [0.2, 0.25) is 0 Å². The molecule has 1 heteroatoms. The number of aliphatic imine (C=N–C) groups is 1. The third kappa shape index (κ3) is 9.55. The van der Waals surface area contributed by atoms with Crippen LogP contribution in [0.2, 0.25) is 0 Å². The van der Waals surface area contributed by atoms with Gasteiger partial charge in [0.25, 0.3) is 0 Å². The second-order valence-corrected chi connectivity index (χ2v) is 6.09. The van der Waals surface area contributed by atoms with Crippen molar-refractivity contribution in [1.82, 2.24) is 0 Å². The summed E-state index contributed by atoms with van der Waals surface area (Å²) in [5, 5.41) is 0. The van der Waals surface area contributed by atoms with Crippen LogP contribution in [-0.4, -0.2) is 12.8 Å². The summed E-state index contributed by atoms with van der Waals surface area (Å²) in [6.07, 6.45) is 17.6. The maximum Gasteiger partial charge on any atom is 0.0389 e. The molecule has 22 heavy (non-hydrogen) atoms. The molecular formula is C21H33N. The van der Waals surface area contributed by atoms with Crippen LogP contribution in [0.3, 0.4) is 0 Å². The van der Waals surface area contributed by atoms with Crippen molar-refractivity contribution in [1.29, 1.82) is 0 Å². The summed E-state index contributed by atoms with van der Waals surface area (Å²) in [7, 11) is 0. The third-order valence-corrected chi connectivity index (χ3v) is 4.05. The molecule has 0 spiro atoms. The van der Waals surface area contributed by atoms with Crippen LogP contribution in [0, 0.1) is 0 Å². The Balaban J connectivity index is 1.94. The number of hydrogen-bond acceptors (Lipinski definition) is 1. The fourth-order valence-corrected chi connectivity index (χ4v) is 2.58. The van der Waals surface area contributed by atoms with Crippen molar-refractivity contribution >= 4 is 12.3 Å². The molecule has 0 unspecified atom stereocenters. The number of rotatable bonds is 13. The molecule has 0 amide bonds. The number of benzene rings is 1. The van der Waals surface area contributed by atoms with E-state index in [0.717, 1.165) is 12.1 Å². The lowest BCUT2D eigenvalue weighted by atomic mass is 10.1. The molecule has 0 saturated heterocycles. The van der Waals surface area contributed by atoms with Gasteiger partial charge in [-0.15, -0.1) is 0 Å². The Bertz CT molecular complexity index is 402. The minimum absolute atomic E-state index is 0.958. The Morgan fingerprint density at radius 3 is 1.82 bits per heavy atom. The minimum Gasteiger partial charge on any atom is -0.293 e. The topological polar surface area (TPSA) is 12.4 Å². The fourth-order valence-electron chi connectivity index (χ4n) is 2.58. The molecule has 0 atom stereocenters. The highest BCUT2D eigenvalue weighted by atomic mass is 14.7. The second kappa shape index (κ2) is 13.3. The highest BCUT2D eigenvalue weighted by Crippen LogP contribution is 2.10. The summed E-state index contributed by atoms with van der Waals surface area (Å²) in [6, 6.07) is 8.35. The summed E-state index contributed by atoms with van der Waals surface area (Å²) < 4.78 is 0. The van der Waals surface area contributed by atoms with Crippen LogP contribution in [-0.2, 0) is 0 Å². The van der Waals surface area contributed by atoms with E-state index in [0.29, 0.717) is 0 Å². The average Bonchev–Trinajstić information content (AvgIpc) is 2.56. The van der Waals surface area contributed by atoms with Crippen LogP contribution < -0.4 is 0 Å². The molecule has 0 fully saturated rings. The highest BCUT2D eigenvalue weighted by Gasteiger charge is 1.92. The van der Waals surface area contributed by atoms with Gasteiger partial charge in [-0.25, -0.2) is 0 Å². The summed E-state index contributed by atoms with van der Waals surface area (Å²) in [6.45, 7) is 7.00. The third-order valence-electron chi connectivity index (χ3n) is 4.05. The van der Waals surface area contributed by atoms with E-state index in [4.69, 9.17) is 0 Å². The van der Waals surface area contributed by atoms with Crippen LogP contribution in [0.5, 0.6) is 0 Å². The molecule has 0 aliphatic heterocycles. The van der Waals surface area contributed by atoms with Crippen LogP contribution in [0.4, 0.5) is 0 Å². The molecule has 0 aliphatic carbocycles. The first kappa shape index (κ1) is 18.7. The van der Waals surface area contributed by atoms with E-state index in [2.05, 4.69) is 42.8 Å². The van der Waals surface area contributed by atoms with Crippen molar-refractivity contribution in [3.8, 4) is 0 Å². The van der Waals surface area contributed by atoms with Crippen LogP contribution >= 0.6 is 0 Å². The standard InChI is InChI=1S/C21H33N/c1-3-5-6-7-8-9-10-11-12-13-18-22-19-21-16-14-20(4-2)15-17-21/h4,14-17,19H,2-3,5-13,18H2,1H3. The second-order valence-electron chi connectivity index (χ2n) is 6.09. The van der Waals surface area contributed by atoms with E-state index in [-0.39, 0.29) is 0 Å². The quantitative estimate of drug-likeness (QED) is 0.285. The molecule has 0 heterocycles. The molecule has 1 nitrogen and oxygen atoms in total. The molecule has 0 radical (unpaired) electrons. The van der Waals surface area contributed by atoms with Crippen molar-refractivity contribution < 1.29 is 0 Å². The Morgan fingerprint density at radius 2 is 1.27 bits per heavy atom. The summed E-state index contributed by atoms with van der Waals surface area (Å²) in [5.41, 5.74) is 2.34. The van der Waals surface area contributed by atoms with Crippen molar-refractivity contribution in [2.75, 3.05) is 6.54 Å². The van der Waals surface area contributed by atoms with E-state index in [1.807, 2.05) is 12.3 Å². The normalized spacial score (nSPS) is 11.1. The molecule has 1 rings (SSSR count). The zero-order valence-corrected chi connectivity index (χ0v) is 14.4. The Kier molecular flexibility index (Phi) is 11.3. The SMILES string of the molecule is C=Cc1ccc(C=NCCCCCCCCCCCC)cc1. The van der Waals surface area contributed by atoms with E-state index in [1.165, 1.54) is 69.8 Å². The molecule has 122 valence electrons. The predicted molar refractivity (Wildman–Crippen MR) is 101 cm³/mol. The summed E-state index contributed by atoms with van der Waals surface area (Å²) >= 11 is 0. The highest BCUT2D eigenvalue weighted by molar-refractivity contribution is 5.79. The van der Waals surface area contributed by atoms with Gasteiger partial charge in [0.15, 0.2) is 0 Å². The van der Waals surface area contributed by atoms with Crippen molar-refractivity contribution in [3.63, 3.8) is 0 Å². The predicted octanol–water partition coefficient (Wildman–Crippen LogP) is 6.67. The van der Waals surface area contributed by atoms with Gasteiger partial charge in [0.1, 0.15) is 0 Å². The van der Waals surface area contributed by atoms with Gasteiger partial charge in [-0.2, -0.15) is 0 Å². The molecule has 0 N–H and O–H groups in total. The molecule has 1 aromatic rings. The van der Waals surface area contributed by atoms with Crippen molar-refractivity contribution in [3.05, 3.63) is 42.0 Å². The number of hydrogen-bond donors (Lipinski definition) is 0. The molecule has 0 saturated carbocycles. The largest absolute Gasteiger partial charge is 0.293 e. The Hall–Kier alpha value is -1.37. The van der Waals surface area contributed by atoms with Crippen LogP contribution in [0.1, 0.15) is 82.3 Å². The lowest BCUT2D eigenvalue weighted by Crippen LogP contribution is -1.87. The lowest BCUT2D eigenvalue weighted by molar-refractivity contribution is 0.558. The van der Waals surface area contributed by atoms with Crippen LogP contribution in [0.25, 0.3) is 6.08 Å². The first-order valence-electron chi connectivity index (χ1n) is 9.09. The molecule has 0 bridgehead atoms. The first-order chi connectivity index (χ1) is 10.9. The van der Waals surface area contributed by atoms with Gasteiger partial charge in [-0.3, -0.25) is 4.99 Å². The monoisotopic (exact) mass is 299 g/mol. The zero-order valence-electron chi connectivity index (χ0n) is 14.4. The lowest BCUT2D eigenvalue weighted by Gasteiger charge is -2.01.